The number of aldehydes is 1. The van der Waals surface area contributed by atoms with Gasteiger partial charge in [-0.1, -0.05) is 17.7 Å². The van der Waals surface area contributed by atoms with E-state index in [9.17, 15) is 4.79 Å². The molecule has 4 heteroatoms. The Hall–Kier alpha value is -1.87. The molecule has 0 aliphatic carbocycles. The molecule has 0 atom stereocenters. The molecule has 19 heavy (non-hydrogen) atoms. The molecule has 1 aromatic heterocycles. The number of benzene rings is 1. The lowest BCUT2D eigenvalue weighted by atomic mass is 10.1. The number of halogens is 1. The van der Waals surface area contributed by atoms with Gasteiger partial charge in [-0.15, -0.1) is 0 Å². The maximum absolute atomic E-state index is 11.2. The van der Waals surface area contributed by atoms with Crippen molar-refractivity contribution < 1.29 is 4.79 Å². The third kappa shape index (κ3) is 3.32. The molecule has 0 radical (unpaired) electrons. The van der Waals surface area contributed by atoms with E-state index in [0.717, 1.165) is 24.2 Å². The smallest absolute Gasteiger partial charge is 0.152 e. The summed E-state index contributed by atoms with van der Waals surface area (Å²) in [7, 11) is 0. The van der Waals surface area contributed by atoms with Crippen LogP contribution >= 0.6 is 11.6 Å². The average Bonchev–Trinajstić information content (AvgIpc) is 2.46. The van der Waals surface area contributed by atoms with Crippen molar-refractivity contribution in [1.29, 1.82) is 0 Å². The lowest BCUT2D eigenvalue weighted by molar-refractivity contribution is 0.112. The largest absolute Gasteiger partial charge is 0.365 e. The second-order valence-electron chi connectivity index (χ2n) is 4.16. The summed E-state index contributed by atoms with van der Waals surface area (Å²) in [6, 6.07) is 11.2. The Kier molecular flexibility index (Phi) is 4.53. The first kappa shape index (κ1) is 13.6. The van der Waals surface area contributed by atoms with Crippen LogP contribution in [0, 0.1) is 0 Å². The molecule has 0 spiro atoms. The zero-order valence-electron chi connectivity index (χ0n) is 10.7. The monoisotopic (exact) mass is 274 g/mol. The molecule has 0 fully saturated rings. The number of carbonyl (C=O) groups is 1. The van der Waals surface area contributed by atoms with Crippen molar-refractivity contribution in [2.75, 3.05) is 11.4 Å². The minimum absolute atomic E-state index is 0.569. The third-order valence-electron chi connectivity index (χ3n) is 2.92. The van der Waals surface area contributed by atoms with E-state index in [1.807, 2.05) is 31.2 Å². The highest BCUT2D eigenvalue weighted by Crippen LogP contribution is 2.24. The molecule has 2 rings (SSSR count). The van der Waals surface area contributed by atoms with Gasteiger partial charge in [0.1, 0.15) is 0 Å². The topological polar surface area (TPSA) is 33.2 Å². The molecule has 2 aromatic rings. The van der Waals surface area contributed by atoms with Gasteiger partial charge in [-0.05, 0) is 37.3 Å². The molecule has 98 valence electrons. The van der Waals surface area contributed by atoms with Crippen LogP contribution in [-0.2, 0) is 6.54 Å². The van der Waals surface area contributed by atoms with Crippen molar-refractivity contribution in [1.82, 2.24) is 4.98 Å². The van der Waals surface area contributed by atoms with Crippen LogP contribution in [0.15, 0.2) is 42.6 Å². The number of anilines is 1. The Morgan fingerprint density at radius 1 is 1.32 bits per heavy atom. The van der Waals surface area contributed by atoms with Gasteiger partial charge in [0.25, 0.3) is 0 Å². The van der Waals surface area contributed by atoms with Crippen molar-refractivity contribution >= 4 is 23.6 Å². The van der Waals surface area contributed by atoms with E-state index in [4.69, 9.17) is 11.6 Å². The van der Waals surface area contributed by atoms with E-state index in [1.165, 1.54) is 0 Å². The summed E-state index contributed by atoms with van der Waals surface area (Å²) < 4.78 is 0. The van der Waals surface area contributed by atoms with Crippen LogP contribution in [0.4, 0.5) is 5.69 Å². The van der Waals surface area contributed by atoms with E-state index in [-0.39, 0.29) is 0 Å². The van der Waals surface area contributed by atoms with Gasteiger partial charge >= 0.3 is 0 Å². The molecule has 3 nitrogen and oxygen atoms in total. The third-order valence-corrected chi connectivity index (χ3v) is 3.15. The second kappa shape index (κ2) is 6.34. The van der Waals surface area contributed by atoms with Crippen LogP contribution in [-0.4, -0.2) is 17.8 Å². The SMILES string of the molecule is CCN(Cc1ccccn1)c1ccc(Cl)cc1C=O. The second-order valence-corrected chi connectivity index (χ2v) is 4.59. The number of hydrogen-bond donors (Lipinski definition) is 0. The van der Waals surface area contributed by atoms with Gasteiger partial charge in [0.05, 0.1) is 12.2 Å². The van der Waals surface area contributed by atoms with Gasteiger partial charge < -0.3 is 4.90 Å². The molecule has 0 bridgehead atoms. The minimum Gasteiger partial charge on any atom is -0.365 e. The Balaban J connectivity index is 2.29. The van der Waals surface area contributed by atoms with Gasteiger partial charge in [-0.2, -0.15) is 0 Å². The number of aromatic nitrogens is 1. The predicted molar refractivity (Wildman–Crippen MR) is 77.8 cm³/mol. The first-order chi connectivity index (χ1) is 9.24. The molecule has 0 saturated carbocycles. The molecule has 0 N–H and O–H groups in total. The maximum atomic E-state index is 11.2. The number of hydrogen-bond acceptors (Lipinski definition) is 3. The van der Waals surface area contributed by atoms with E-state index in [1.54, 1.807) is 18.3 Å². The lowest BCUT2D eigenvalue weighted by Crippen LogP contribution is -2.23. The van der Waals surface area contributed by atoms with Crippen LogP contribution < -0.4 is 4.90 Å². The Morgan fingerprint density at radius 3 is 2.79 bits per heavy atom. The van der Waals surface area contributed by atoms with Crippen molar-refractivity contribution in [3.05, 3.63) is 58.9 Å². The zero-order chi connectivity index (χ0) is 13.7. The number of pyridine rings is 1. The molecule has 0 saturated heterocycles. The normalized spacial score (nSPS) is 10.2. The van der Waals surface area contributed by atoms with Gasteiger partial charge in [0.2, 0.25) is 0 Å². The van der Waals surface area contributed by atoms with Crippen LogP contribution in [0.2, 0.25) is 5.02 Å². The molecular weight excluding hydrogens is 260 g/mol. The lowest BCUT2D eigenvalue weighted by Gasteiger charge is -2.24. The average molecular weight is 275 g/mol. The molecule has 0 aliphatic rings. The number of carbonyl (C=O) groups excluding carboxylic acids is 1. The standard InChI is InChI=1S/C15H15ClN2O/c1-2-18(10-14-5-3-4-8-17-14)15-7-6-13(16)9-12(15)11-19/h3-9,11H,2,10H2,1H3. The quantitative estimate of drug-likeness (QED) is 0.782. The van der Waals surface area contributed by atoms with Crippen LogP contribution in [0.25, 0.3) is 0 Å². The molecule has 0 unspecified atom stereocenters. The van der Waals surface area contributed by atoms with Crippen LogP contribution in [0.5, 0.6) is 0 Å². The summed E-state index contributed by atoms with van der Waals surface area (Å²) in [4.78, 5) is 17.6. The zero-order valence-corrected chi connectivity index (χ0v) is 11.5. The fraction of sp³-hybridized carbons (Fsp3) is 0.200. The van der Waals surface area contributed by atoms with E-state index in [0.29, 0.717) is 17.1 Å². The number of rotatable bonds is 5. The molecule has 0 amide bonds. The van der Waals surface area contributed by atoms with E-state index in [2.05, 4.69) is 9.88 Å². The molecule has 0 aliphatic heterocycles. The minimum atomic E-state index is 0.569. The highest BCUT2D eigenvalue weighted by molar-refractivity contribution is 6.31. The van der Waals surface area contributed by atoms with Gasteiger partial charge in [-0.25, -0.2) is 0 Å². The summed E-state index contributed by atoms with van der Waals surface area (Å²) in [6.45, 7) is 3.50. The van der Waals surface area contributed by atoms with Gasteiger partial charge in [0, 0.05) is 29.0 Å². The molecule has 1 heterocycles. The number of nitrogens with zero attached hydrogens (tertiary/aromatic N) is 2. The summed E-state index contributed by atoms with van der Waals surface area (Å²) >= 11 is 5.91. The summed E-state index contributed by atoms with van der Waals surface area (Å²) in [6.07, 6.45) is 2.61. The summed E-state index contributed by atoms with van der Waals surface area (Å²) in [5.41, 5.74) is 2.45. The summed E-state index contributed by atoms with van der Waals surface area (Å²) in [5, 5.41) is 0.569. The highest BCUT2D eigenvalue weighted by Gasteiger charge is 2.11. The van der Waals surface area contributed by atoms with Gasteiger partial charge in [0.15, 0.2) is 6.29 Å². The molecule has 1 aromatic carbocycles. The fourth-order valence-electron chi connectivity index (χ4n) is 1.96. The van der Waals surface area contributed by atoms with Crippen molar-refractivity contribution in [3.8, 4) is 0 Å². The Bertz CT molecular complexity index is 557. The van der Waals surface area contributed by atoms with Crippen molar-refractivity contribution in [3.63, 3.8) is 0 Å². The Morgan fingerprint density at radius 2 is 2.16 bits per heavy atom. The van der Waals surface area contributed by atoms with Crippen LogP contribution in [0.3, 0.4) is 0 Å². The van der Waals surface area contributed by atoms with E-state index >= 15 is 0 Å². The predicted octanol–water partition coefficient (Wildman–Crippen LogP) is 3.57. The van der Waals surface area contributed by atoms with Gasteiger partial charge in [-0.3, -0.25) is 9.78 Å². The first-order valence-electron chi connectivity index (χ1n) is 6.14. The first-order valence-corrected chi connectivity index (χ1v) is 6.52. The van der Waals surface area contributed by atoms with Crippen molar-refractivity contribution in [2.24, 2.45) is 0 Å². The highest BCUT2D eigenvalue weighted by atomic mass is 35.5. The maximum Gasteiger partial charge on any atom is 0.152 e. The van der Waals surface area contributed by atoms with E-state index < -0.39 is 0 Å². The summed E-state index contributed by atoms with van der Waals surface area (Å²) in [5.74, 6) is 0. The van der Waals surface area contributed by atoms with Crippen molar-refractivity contribution in [2.45, 2.75) is 13.5 Å². The van der Waals surface area contributed by atoms with Crippen LogP contribution in [0.1, 0.15) is 23.0 Å². The Labute approximate surface area is 117 Å². The fourth-order valence-corrected chi connectivity index (χ4v) is 2.14. The molecular formula is C15H15ClN2O.